The standard InChI is InChI=1S/C30H33F3N4O5S/c1-18-24(17-43-29-34-13-15-36(29)2)41-27(42-25(18)20-7-5-19(16-38)6-8-20)21-9-11-22(12-10-21)35-26(39)23-4-3-14-37(23)28(40)30(31,32)33/h5-13,15,18,23-25,27,38H,3-4,14,16-17H2,1-2H3,(H,35,39)/t18-,23-,24+,25+,27+/m0/s1. The first-order valence-corrected chi connectivity index (χ1v) is 14.9. The highest BCUT2D eigenvalue weighted by Gasteiger charge is 2.47. The van der Waals surface area contributed by atoms with Crippen LogP contribution in [0.15, 0.2) is 66.1 Å². The maximum Gasteiger partial charge on any atom is 0.471 e. The quantitative estimate of drug-likeness (QED) is 0.343. The number of imidazole rings is 1. The second kappa shape index (κ2) is 13.1. The molecule has 2 amide bonds. The highest BCUT2D eigenvalue weighted by atomic mass is 32.2. The van der Waals surface area contributed by atoms with E-state index in [0.29, 0.717) is 28.3 Å². The van der Waals surface area contributed by atoms with E-state index in [9.17, 15) is 27.9 Å². The van der Waals surface area contributed by atoms with Gasteiger partial charge in [0.15, 0.2) is 11.4 Å². The van der Waals surface area contributed by atoms with Crippen LogP contribution in [-0.4, -0.2) is 62.0 Å². The van der Waals surface area contributed by atoms with Crippen LogP contribution in [0, 0.1) is 5.92 Å². The number of thioether (sulfide) groups is 1. The van der Waals surface area contributed by atoms with Crippen molar-refractivity contribution in [2.75, 3.05) is 17.6 Å². The van der Waals surface area contributed by atoms with Gasteiger partial charge in [-0.15, -0.1) is 0 Å². The monoisotopic (exact) mass is 618 g/mol. The van der Waals surface area contributed by atoms with Crippen molar-refractivity contribution in [2.24, 2.45) is 13.0 Å². The van der Waals surface area contributed by atoms with Crippen molar-refractivity contribution >= 4 is 29.3 Å². The number of carbonyl (C=O) groups excluding carboxylic acids is 2. The summed E-state index contributed by atoms with van der Waals surface area (Å²) in [6, 6.07) is 13.1. The van der Waals surface area contributed by atoms with E-state index < -0.39 is 30.3 Å². The zero-order valence-electron chi connectivity index (χ0n) is 23.7. The topological polar surface area (TPSA) is 106 Å². The summed E-state index contributed by atoms with van der Waals surface area (Å²) in [5.74, 6) is -2.06. The molecule has 0 saturated carbocycles. The maximum atomic E-state index is 13.0. The van der Waals surface area contributed by atoms with Gasteiger partial charge in [0.25, 0.3) is 0 Å². The van der Waals surface area contributed by atoms with Crippen LogP contribution < -0.4 is 5.32 Å². The molecule has 13 heteroatoms. The van der Waals surface area contributed by atoms with Gasteiger partial charge >= 0.3 is 12.1 Å². The van der Waals surface area contributed by atoms with Gasteiger partial charge in [-0.1, -0.05) is 55.1 Å². The van der Waals surface area contributed by atoms with Gasteiger partial charge in [0.1, 0.15) is 6.04 Å². The van der Waals surface area contributed by atoms with E-state index in [1.54, 1.807) is 42.2 Å². The third-order valence-electron chi connectivity index (χ3n) is 7.79. The molecule has 5 atom stereocenters. The summed E-state index contributed by atoms with van der Waals surface area (Å²) in [6.45, 7) is 1.89. The zero-order valence-corrected chi connectivity index (χ0v) is 24.5. The molecule has 9 nitrogen and oxygen atoms in total. The minimum absolute atomic E-state index is 0.0173. The Kier molecular flexibility index (Phi) is 9.45. The van der Waals surface area contributed by atoms with Crippen LogP contribution in [0.25, 0.3) is 0 Å². The van der Waals surface area contributed by atoms with Crippen LogP contribution in [0.4, 0.5) is 18.9 Å². The molecule has 2 fully saturated rings. The minimum atomic E-state index is -5.03. The molecule has 0 spiro atoms. The Bertz CT molecular complexity index is 1420. The Morgan fingerprint density at radius 3 is 2.42 bits per heavy atom. The first-order chi connectivity index (χ1) is 20.5. The number of aliphatic hydroxyl groups is 1. The van der Waals surface area contributed by atoms with Gasteiger partial charge < -0.3 is 29.4 Å². The molecule has 5 rings (SSSR count). The van der Waals surface area contributed by atoms with Gasteiger partial charge in [0.2, 0.25) is 5.91 Å². The van der Waals surface area contributed by atoms with Crippen LogP contribution >= 0.6 is 11.8 Å². The lowest BCUT2D eigenvalue weighted by molar-refractivity contribution is -0.268. The molecule has 0 unspecified atom stereocenters. The van der Waals surface area contributed by atoms with E-state index in [1.807, 2.05) is 42.1 Å². The molecule has 1 aromatic heterocycles. The number of likely N-dealkylation sites (tertiary alicyclic amines) is 1. The summed E-state index contributed by atoms with van der Waals surface area (Å²) in [4.78, 5) is 29.6. The number of aromatic nitrogens is 2. The van der Waals surface area contributed by atoms with Crippen molar-refractivity contribution in [2.45, 2.75) is 62.2 Å². The summed E-state index contributed by atoms with van der Waals surface area (Å²) in [6.07, 6.45) is -2.19. The van der Waals surface area contributed by atoms with Crippen molar-refractivity contribution in [3.8, 4) is 0 Å². The van der Waals surface area contributed by atoms with Crippen molar-refractivity contribution < 1.29 is 37.3 Å². The van der Waals surface area contributed by atoms with Crippen LogP contribution in [0.1, 0.15) is 48.8 Å². The van der Waals surface area contributed by atoms with Crippen LogP contribution in [0.2, 0.25) is 0 Å². The highest BCUT2D eigenvalue weighted by Crippen LogP contribution is 2.43. The predicted octanol–water partition coefficient (Wildman–Crippen LogP) is 4.99. The highest BCUT2D eigenvalue weighted by molar-refractivity contribution is 7.99. The molecule has 0 radical (unpaired) electrons. The normalized spacial score (nSPS) is 24.2. The van der Waals surface area contributed by atoms with E-state index in [-0.39, 0.29) is 37.7 Å². The smallest absolute Gasteiger partial charge is 0.392 e. The first kappa shape index (κ1) is 31.0. The Morgan fingerprint density at radius 2 is 1.79 bits per heavy atom. The lowest BCUT2D eigenvalue weighted by Gasteiger charge is -2.41. The number of aliphatic hydroxyl groups excluding tert-OH is 1. The number of carbonyl (C=O) groups is 2. The number of halogens is 3. The van der Waals surface area contributed by atoms with Crippen LogP contribution in [-0.2, 0) is 32.7 Å². The third kappa shape index (κ3) is 7.06. The summed E-state index contributed by atoms with van der Waals surface area (Å²) in [5, 5.41) is 13.0. The van der Waals surface area contributed by atoms with Crippen LogP contribution in [0.3, 0.4) is 0 Å². The molecule has 0 aliphatic carbocycles. The molecule has 0 bridgehead atoms. The van der Waals surface area contributed by atoms with Crippen molar-refractivity contribution in [1.82, 2.24) is 14.5 Å². The maximum absolute atomic E-state index is 13.0. The fourth-order valence-electron chi connectivity index (χ4n) is 5.35. The number of aryl methyl sites for hydroxylation is 1. The Hall–Kier alpha value is -3.39. The number of alkyl halides is 3. The van der Waals surface area contributed by atoms with Gasteiger partial charge in [-0.2, -0.15) is 13.2 Å². The Labute approximate surface area is 251 Å². The van der Waals surface area contributed by atoms with Crippen LogP contribution in [0.5, 0.6) is 0 Å². The Balaban J connectivity index is 1.31. The number of hydrogen-bond acceptors (Lipinski definition) is 7. The fraction of sp³-hybridized carbons (Fsp3) is 0.433. The average Bonchev–Trinajstić information content (AvgIpc) is 3.65. The van der Waals surface area contributed by atoms with Gasteiger partial charge in [-0.25, -0.2) is 4.98 Å². The zero-order chi connectivity index (χ0) is 30.7. The van der Waals surface area contributed by atoms with E-state index in [1.165, 1.54) is 0 Å². The molecule has 3 heterocycles. The molecular formula is C30H33F3N4O5S. The molecule has 2 aliphatic rings. The predicted molar refractivity (Wildman–Crippen MR) is 153 cm³/mol. The van der Waals surface area contributed by atoms with E-state index >= 15 is 0 Å². The molecule has 2 saturated heterocycles. The lowest BCUT2D eigenvalue weighted by Crippen LogP contribution is -2.48. The third-order valence-corrected chi connectivity index (χ3v) is 8.93. The summed E-state index contributed by atoms with van der Waals surface area (Å²) >= 11 is 1.58. The molecule has 2 aromatic carbocycles. The first-order valence-electron chi connectivity index (χ1n) is 13.9. The SMILES string of the molecule is C[C@H]1[C@@H](CSc2nccn2C)O[C@@H](c2ccc(NC(=O)[C@@H]3CCCN3C(=O)C(F)(F)F)cc2)O[C@H]1c1ccc(CO)cc1. The number of rotatable bonds is 8. The van der Waals surface area contributed by atoms with Crippen molar-refractivity contribution in [3.05, 3.63) is 77.6 Å². The lowest BCUT2D eigenvalue weighted by atomic mass is 9.91. The largest absolute Gasteiger partial charge is 0.471 e. The number of nitrogens with one attached hydrogen (secondary N) is 1. The molecule has 2 N–H and O–H groups in total. The van der Waals surface area contributed by atoms with Crippen molar-refractivity contribution in [3.63, 3.8) is 0 Å². The number of nitrogens with zero attached hydrogens (tertiary/aromatic N) is 3. The second-order valence-electron chi connectivity index (χ2n) is 10.7. The molecule has 3 aromatic rings. The summed E-state index contributed by atoms with van der Waals surface area (Å²) in [5.41, 5.74) is 2.82. The van der Waals surface area contributed by atoms with Gasteiger partial charge in [0.05, 0.1) is 18.8 Å². The molecular weight excluding hydrogens is 585 g/mol. The van der Waals surface area contributed by atoms with E-state index in [2.05, 4.69) is 17.2 Å². The number of hydrogen-bond donors (Lipinski definition) is 2. The molecule has 2 aliphatic heterocycles. The fourth-order valence-corrected chi connectivity index (χ4v) is 6.45. The van der Waals surface area contributed by atoms with E-state index in [4.69, 9.17) is 9.47 Å². The number of amides is 2. The second-order valence-corrected chi connectivity index (χ2v) is 11.7. The number of anilines is 1. The van der Waals surface area contributed by atoms with Crippen molar-refractivity contribution in [1.29, 1.82) is 0 Å². The number of ether oxygens (including phenoxy) is 2. The molecule has 43 heavy (non-hydrogen) atoms. The van der Waals surface area contributed by atoms with Gasteiger partial charge in [-0.05, 0) is 36.1 Å². The van der Waals surface area contributed by atoms with E-state index in [0.717, 1.165) is 16.3 Å². The summed E-state index contributed by atoms with van der Waals surface area (Å²) < 4.78 is 53.8. The summed E-state index contributed by atoms with van der Waals surface area (Å²) in [7, 11) is 1.93. The average molecular weight is 619 g/mol. The number of benzene rings is 2. The Morgan fingerprint density at radius 1 is 1.09 bits per heavy atom. The molecule has 230 valence electrons. The minimum Gasteiger partial charge on any atom is -0.392 e. The van der Waals surface area contributed by atoms with Gasteiger partial charge in [-0.3, -0.25) is 9.59 Å². The van der Waals surface area contributed by atoms with Gasteiger partial charge in [0, 0.05) is 48.9 Å².